The van der Waals surface area contributed by atoms with Crippen molar-refractivity contribution in [3.8, 4) is 17.1 Å². The Hall–Kier alpha value is -4.11. The lowest BCUT2D eigenvalue weighted by atomic mass is 10.0. The second-order valence-electron chi connectivity index (χ2n) is 8.02. The molecule has 0 saturated carbocycles. The third-order valence-electron chi connectivity index (χ3n) is 5.55. The standard InChI is InChI=1S/C26H26N2O7/c1-15-10-21-24(26(31)34-15)20(13-22(29)28-14-23(30)27-8-9-32-2)25(35-21)18-5-4-17-12-19(33-3)7-6-16(17)11-18/h4-7,10-12H,8-9,13-14H2,1-3H3,(H,27,30)(H,28,29). The number of carbonyl (C=O) groups is 2. The molecule has 0 spiro atoms. The van der Waals surface area contributed by atoms with Crippen molar-refractivity contribution in [3.63, 3.8) is 0 Å². The van der Waals surface area contributed by atoms with Crippen molar-refractivity contribution < 1.29 is 27.9 Å². The Morgan fingerprint density at radius 3 is 2.49 bits per heavy atom. The maximum absolute atomic E-state index is 12.7. The van der Waals surface area contributed by atoms with Gasteiger partial charge in [-0.25, -0.2) is 4.79 Å². The van der Waals surface area contributed by atoms with Crippen molar-refractivity contribution in [2.45, 2.75) is 13.3 Å². The van der Waals surface area contributed by atoms with Crippen molar-refractivity contribution in [2.24, 2.45) is 0 Å². The van der Waals surface area contributed by atoms with Gasteiger partial charge in [0.25, 0.3) is 0 Å². The van der Waals surface area contributed by atoms with Gasteiger partial charge in [0.2, 0.25) is 11.8 Å². The number of benzene rings is 2. The molecule has 9 nitrogen and oxygen atoms in total. The van der Waals surface area contributed by atoms with Gasteiger partial charge >= 0.3 is 5.63 Å². The van der Waals surface area contributed by atoms with Gasteiger partial charge in [-0.2, -0.15) is 0 Å². The minimum atomic E-state index is -0.583. The lowest BCUT2D eigenvalue weighted by Gasteiger charge is -2.08. The quantitative estimate of drug-likeness (QED) is 0.355. The van der Waals surface area contributed by atoms with E-state index in [2.05, 4.69) is 10.6 Å². The molecule has 2 N–H and O–H groups in total. The van der Waals surface area contributed by atoms with Crippen LogP contribution in [-0.2, 0) is 20.7 Å². The molecule has 2 heterocycles. The Kier molecular flexibility index (Phi) is 7.17. The van der Waals surface area contributed by atoms with E-state index in [4.69, 9.17) is 18.3 Å². The van der Waals surface area contributed by atoms with Crippen LogP contribution in [0.4, 0.5) is 0 Å². The van der Waals surface area contributed by atoms with Crippen molar-refractivity contribution in [2.75, 3.05) is 33.9 Å². The van der Waals surface area contributed by atoms with Gasteiger partial charge in [-0.05, 0) is 35.9 Å². The molecule has 0 bridgehead atoms. The molecule has 182 valence electrons. The molecule has 0 saturated heterocycles. The Morgan fingerprint density at radius 1 is 0.943 bits per heavy atom. The normalized spacial score (nSPS) is 11.1. The number of rotatable bonds is 9. The molecular weight excluding hydrogens is 452 g/mol. The largest absolute Gasteiger partial charge is 0.497 e. The predicted molar refractivity (Wildman–Crippen MR) is 131 cm³/mol. The van der Waals surface area contributed by atoms with Crippen LogP contribution >= 0.6 is 0 Å². The van der Waals surface area contributed by atoms with Gasteiger partial charge in [0, 0.05) is 30.8 Å². The number of amides is 2. The summed E-state index contributed by atoms with van der Waals surface area (Å²) in [6.07, 6.45) is -0.165. The molecule has 0 unspecified atom stereocenters. The molecule has 2 aromatic heterocycles. The summed E-state index contributed by atoms with van der Waals surface area (Å²) in [5.41, 5.74) is 0.860. The molecule has 35 heavy (non-hydrogen) atoms. The third kappa shape index (κ3) is 5.36. The van der Waals surface area contributed by atoms with Gasteiger partial charge in [0.1, 0.15) is 28.2 Å². The molecule has 0 fully saturated rings. The number of hydrogen-bond acceptors (Lipinski definition) is 7. The smallest absolute Gasteiger partial charge is 0.347 e. The zero-order chi connectivity index (χ0) is 24.9. The molecule has 4 rings (SSSR count). The fourth-order valence-corrected chi connectivity index (χ4v) is 3.87. The van der Waals surface area contributed by atoms with Gasteiger partial charge < -0.3 is 28.9 Å². The van der Waals surface area contributed by atoms with E-state index in [1.165, 1.54) is 7.11 Å². The van der Waals surface area contributed by atoms with E-state index in [-0.39, 0.29) is 24.3 Å². The summed E-state index contributed by atoms with van der Waals surface area (Å²) in [5.74, 6) is 0.771. The summed E-state index contributed by atoms with van der Waals surface area (Å²) in [7, 11) is 3.14. The monoisotopic (exact) mass is 478 g/mol. The minimum Gasteiger partial charge on any atom is -0.497 e. The molecule has 4 aromatic rings. The summed E-state index contributed by atoms with van der Waals surface area (Å²) in [6.45, 7) is 2.17. The number of ether oxygens (including phenoxy) is 2. The van der Waals surface area contributed by atoms with Crippen LogP contribution < -0.4 is 21.0 Å². The van der Waals surface area contributed by atoms with Gasteiger partial charge in [0.05, 0.1) is 26.7 Å². The SMILES string of the molecule is COCCNC(=O)CNC(=O)Cc1c(-c2ccc3cc(OC)ccc3c2)oc2cc(C)oc(=O)c12. The fourth-order valence-electron chi connectivity index (χ4n) is 3.87. The number of methoxy groups -OCH3 is 2. The summed E-state index contributed by atoms with van der Waals surface area (Å²) >= 11 is 0. The molecule has 2 amide bonds. The van der Waals surface area contributed by atoms with Crippen LogP contribution in [0.1, 0.15) is 11.3 Å². The van der Waals surface area contributed by atoms with E-state index in [0.29, 0.717) is 41.4 Å². The maximum Gasteiger partial charge on any atom is 0.347 e. The number of carbonyl (C=O) groups excluding carboxylic acids is 2. The first-order valence-electron chi connectivity index (χ1n) is 11.1. The van der Waals surface area contributed by atoms with Crippen molar-refractivity contribution in [1.29, 1.82) is 0 Å². The average molecular weight is 479 g/mol. The van der Waals surface area contributed by atoms with Crippen LogP contribution in [0.3, 0.4) is 0 Å². The molecule has 0 aliphatic rings. The van der Waals surface area contributed by atoms with E-state index < -0.39 is 11.5 Å². The van der Waals surface area contributed by atoms with Crippen molar-refractivity contribution in [3.05, 3.63) is 64.2 Å². The summed E-state index contributed by atoms with van der Waals surface area (Å²) in [4.78, 5) is 37.3. The van der Waals surface area contributed by atoms with Crippen LogP contribution in [0, 0.1) is 6.92 Å². The molecule has 9 heteroatoms. The van der Waals surface area contributed by atoms with Crippen LogP contribution in [0.15, 0.2) is 56.1 Å². The van der Waals surface area contributed by atoms with Crippen molar-refractivity contribution in [1.82, 2.24) is 10.6 Å². The van der Waals surface area contributed by atoms with E-state index in [1.807, 2.05) is 36.4 Å². The number of nitrogens with one attached hydrogen (secondary N) is 2. The van der Waals surface area contributed by atoms with Gasteiger partial charge in [0.15, 0.2) is 0 Å². The van der Waals surface area contributed by atoms with Crippen LogP contribution in [0.5, 0.6) is 5.75 Å². The summed E-state index contributed by atoms with van der Waals surface area (Å²) < 4.78 is 21.5. The zero-order valence-electron chi connectivity index (χ0n) is 19.7. The highest BCUT2D eigenvalue weighted by Crippen LogP contribution is 2.35. The number of furan rings is 1. The van der Waals surface area contributed by atoms with E-state index in [9.17, 15) is 14.4 Å². The predicted octanol–water partition coefficient (Wildman–Crippen LogP) is 2.94. The average Bonchev–Trinajstić information content (AvgIpc) is 3.20. The Labute approximate surface area is 201 Å². The number of fused-ring (bicyclic) bond motifs is 2. The lowest BCUT2D eigenvalue weighted by molar-refractivity contribution is -0.125. The van der Waals surface area contributed by atoms with E-state index in [0.717, 1.165) is 16.5 Å². The van der Waals surface area contributed by atoms with Gasteiger partial charge in [-0.1, -0.05) is 18.2 Å². The van der Waals surface area contributed by atoms with Crippen LogP contribution in [-0.4, -0.2) is 45.7 Å². The number of aryl methyl sites for hydroxylation is 1. The minimum absolute atomic E-state index is 0.165. The molecule has 2 aromatic carbocycles. The fraction of sp³-hybridized carbons (Fsp3) is 0.269. The van der Waals surface area contributed by atoms with Gasteiger partial charge in [-0.15, -0.1) is 0 Å². The highest BCUT2D eigenvalue weighted by atomic mass is 16.5. The first-order valence-corrected chi connectivity index (χ1v) is 11.1. The van der Waals surface area contributed by atoms with Crippen LogP contribution in [0.25, 0.3) is 33.1 Å². The third-order valence-corrected chi connectivity index (χ3v) is 5.55. The second kappa shape index (κ2) is 10.4. The van der Waals surface area contributed by atoms with Crippen LogP contribution in [0.2, 0.25) is 0 Å². The van der Waals surface area contributed by atoms with Gasteiger partial charge in [-0.3, -0.25) is 9.59 Å². The van der Waals surface area contributed by atoms with E-state index in [1.54, 1.807) is 20.1 Å². The first kappa shape index (κ1) is 24.0. The van der Waals surface area contributed by atoms with E-state index >= 15 is 0 Å². The molecule has 0 aliphatic carbocycles. The molecular formula is C26H26N2O7. The lowest BCUT2D eigenvalue weighted by Crippen LogP contribution is -2.38. The first-order chi connectivity index (χ1) is 16.9. The summed E-state index contributed by atoms with van der Waals surface area (Å²) in [6, 6.07) is 13.0. The zero-order valence-corrected chi connectivity index (χ0v) is 19.7. The Bertz CT molecular complexity index is 1450. The topological polar surface area (TPSA) is 120 Å². The van der Waals surface area contributed by atoms with Crippen molar-refractivity contribution >= 4 is 33.6 Å². The Balaban J connectivity index is 1.67. The highest BCUT2D eigenvalue weighted by molar-refractivity contribution is 5.95. The Morgan fingerprint density at radius 2 is 1.71 bits per heavy atom. The molecule has 0 atom stereocenters. The molecule has 0 aliphatic heterocycles. The highest BCUT2D eigenvalue weighted by Gasteiger charge is 2.23. The summed E-state index contributed by atoms with van der Waals surface area (Å²) in [5, 5.41) is 7.34. The maximum atomic E-state index is 12.7. The second-order valence-corrected chi connectivity index (χ2v) is 8.02. The number of hydrogen-bond donors (Lipinski definition) is 2. The molecule has 0 radical (unpaired) electrons.